The lowest BCUT2D eigenvalue weighted by atomic mass is 9.98. The van der Waals surface area contributed by atoms with E-state index >= 15 is 0 Å². The first-order chi connectivity index (χ1) is 14.5. The topological polar surface area (TPSA) is 147 Å². The first kappa shape index (κ1) is 20.6. The summed E-state index contributed by atoms with van der Waals surface area (Å²) in [6.07, 6.45) is -3.73. The van der Waals surface area contributed by atoms with Gasteiger partial charge in [0.25, 0.3) is 0 Å². The lowest BCUT2D eigenvalue weighted by Gasteiger charge is -2.39. The smallest absolute Gasteiger partial charge is 0.180 e. The summed E-state index contributed by atoms with van der Waals surface area (Å²) in [7, 11) is 0. The molecular formula is C20H24N4O6. The first-order valence-corrected chi connectivity index (χ1v) is 9.70. The Morgan fingerprint density at radius 3 is 2.53 bits per heavy atom. The van der Waals surface area contributed by atoms with Crippen molar-refractivity contribution in [3.63, 3.8) is 0 Å². The van der Waals surface area contributed by atoms with Crippen molar-refractivity contribution in [1.29, 1.82) is 0 Å². The van der Waals surface area contributed by atoms with E-state index in [1.165, 1.54) is 10.2 Å². The van der Waals surface area contributed by atoms with Crippen LogP contribution in [0.1, 0.15) is 23.2 Å². The highest BCUT2D eigenvalue weighted by Gasteiger charge is 2.44. The number of rotatable bonds is 6. The van der Waals surface area contributed by atoms with Crippen molar-refractivity contribution in [2.45, 2.75) is 50.4 Å². The summed E-state index contributed by atoms with van der Waals surface area (Å²) in [6.45, 7) is 1.52. The molecule has 10 heteroatoms. The standard InChI is InChI=1S/C20H24N4O6/c1-11-2-4-12(5-3-11)15-8-14(30-22-15)7-6-13-9-24(23-21-13)20-19(28)18(27)17(26)16(10-25)29-20/h2-5,8-9,16-20,25-28H,6-7,10H2,1H3/t16-,17-,18+,19-,20-/m0/s1. The molecule has 5 atom stereocenters. The highest BCUT2D eigenvalue weighted by molar-refractivity contribution is 5.59. The van der Waals surface area contributed by atoms with Gasteiger partial charge in [-0.05, 0) is 6.92 Å². The third-order valence-electron chi connectivity index (χ3n) is 5.22. The van der Waals surface area contributed by atoms with E-state index in [0.29, 0.717) is 24.3 Å². The first-order valence-electron chi connectivity index (χ1n) is 9.70. The molecule has 4 rings (SSSR count). The maximum absolute atomic E-state index is 10.2. The maximum atomic E-state index is 10.2. The molecule has 0 radical (unpaired) electrons. The van der Waals surface area contributed by atoms with E-state index < -0.39 is 37.3 Å². The van der Waals surface area contributed by atoms with E-state index in [1.807, 2.05) is 37.3 Å². The van der Waals surface area contributed by atoms with Crippen LogP contribution in [0, 0.1) is 6.92 Å². The molecule has 4 N–H and O–H groups in total. The van der Waals surface area contributed by atoms with Gasteiger partial charge in [-0.1, -0.05) is 40.2 Å². The third kappa shape index (κ3) is 4.13. The van der Waals surface area contributed by atoms with Gasteiger partial charge in [0.2, 0.25) is 0 Å². The molecule has 1 saturated heterocycles. The SMILES string of the molecule is Cc1ccc(-c2cc(CCc3cn([C@H]4O[C@@H](CO)[C@H](O)[C@@H](O)[C@@H]4O)nn3)on2)cc1. The Labute approximate surface area is 172 Å². The van der Waals surface area contributed by atoms with Crippen molar-refractivity contribution in [1.82, 2.24) is 20.2 Å². The Morgan fingerprint density at radius 2 is 1.80 bits per heavy atom. The molecule has 30 heavy (non-hydrogen) atoms. The fourth-order valence-electron chi connectivity index (χ4n) is 3.40. The van der Waals surface area contributed by atoms with Gasteiger partial charge in [-0.2, -0.15) is 0 Å². The van der Waals surface area contributed by atoms with Crippen molar-refractivity contribution in [2.75, 3.05) is 6.61 Å². The Morgan fingerprint density at radius 1 is 1.03 bits per heavy atom. The molecule has 0 amide bonds. The number of aliphatic hydroxyl groups is 4. The fraction of sp³-hybridized carbons (Fsp3) is 0.450. The average Bonchev–Trinajstić information content (AvgIpc) is 3.41. The second-order valence-corrected chi connectivity index (χ2v) is 7.45. The van der Waals surface area contributed by atoms with E-state index in [1.54, 1.807) is 6.20 Å². The number of aromatic nitrogens is 4. The van der Waals surface area contributed by atoms with Gasteiger partial charge in [-0.3, -0.25) is 0 Å². The van der Waals surface area contributed by atoms with Crippen LogP contribution in [0.4, 0.5) is 0 Å². The molecular weight excluding hydrogens is 392 g/mol. The number of hydrogen-bond donors (Lipinski definition) is 4. The minimum Gasteiger partial charge on any atom is -0.394 e. The molecule has 0 saturated carbocycles. The number of benzene rings is 1. The van der Waals surface area contributed by atoms with Crippen LogP contribution in [0.3, 0.4) is 0 Å². The zero-order valence-corrected chi connectivity index (χ0v) is 16.4. The number of aryl methyl sites for hydroxylation is 3. The van der Waals surface area contributed by atoms with E-state index in [0.717, 1.165) is 11.3 Å². The maximum Gasteiger partial charge on any atom is 0.180 e. The molecule has 3 heterocycles. The van der Waals surface area contributed by atoms with Gasteiger partial charge in [0.15, 0.2) is 6.23 Å². The molecule has 160 valence electrons. The van der Waals surface area contributed by atoms with E-state index in [9.17, 15) is 20.4 Å². The molecule has 0 spiro atoms. The minimum atomic E-state index is -1.47. The summed E-state index contributed by atoms with van der Waals surface area (Å²) in [5, 5.41) is 51.4. The predicted octanol–water partition coefficient (Wildman–Crippen LogP) is -0.000880. The number of nitrogens with zero attached hydrogens (tertiary/aromatic N) is 4. The van der Waals surface area contributed by atoms with Gasteiger partial charge in [-0.15, -0.1) is 5.10 Å². The van der Waals surface area contributed by atoms with Crippen LogP contribution in [0.25, 0.3) is 11.3 Å². The summed E-state index contributed by atoms with van der Waals surface area (Å²) in [4.78, 5) is 0. The van der Waals surface area contributed by atoms with Gasteiger partial charge in [0.05, 0.1) is 18.5 Å². The lowest BCUT2D eigenvalue weighted by molar-refractivity contribution is -0.254. The van der Waals surface area contributed by atoms with Gasteiger partial charge in [-0.25, -0.2) is 4.68 Å². The fourth-order valence-corrected chi connectivity index (χ4v) is 3.40. The largest absolute Gasteiger partial charge is 0.394 e. The minimum absolute atomic E-state index is 0.502. The van der Waals surface area contributed by atoms with Crippen molar-refractivity contribution in [3.8, 4) is 11.3 Å². The summed E-state index contributed by atoms with van der Waals surface area (Å²) in [5.41, 5.74) is 3.53. The normalized spacial score (nSPS) is 26.8. The second kappa shape index (κ2) is 8.62. The van der Waals surface area contributed by atoms with Gasteiger partial charge < -0.3 is 29.7 Å². The highest BCUT2D eigenvalue weighted by Crippen LogP contribution is 2.28. The molecule has 3 aromatic rings. The molecule has 0 bridgehead atoms. The van der Waals surface area contributed by atoms with Crippen molar-refractivity contribution >= 4 is 0 Å². The van der Waals surface area contributed by atoms with Gasteiger partial charge in [0.1, 0.15) is 35.9 Å². The van der Waals surface area contributed by atoms with Crippen LogP contribution in [-0.2, 0) is 17.6 Å². The molecule has 1 fully saturated rings. The van der Waals surface area contributed by atoms with Crippen LogP contribution < -0.4 is 0 Å². The second-order valence-electron chi connectivity index (χ2n) is 7.45. The number of aliphatic hydroxyl groups excluding tert-OH is 4. The quantitative estimate of drug-likeness (QED) is 0.436. The van der Waals surface area contributed by atoms with Crippen LogP contribution >= 0.6 is 0 Å². The zero-order chi connectivity index (χ0) is 21.3. The summed E-state index contributed by atoms with van der Waals surface area (Å²) in [5.74, 6) is 0.702. The molecule has 2 aromatic heterocycles. The Hall–Kier alpha value is -2.63. The average molecular weight is 416 g/mol. The van der Waals surface area contributed by atoms with Crippen molar-refractivity contribution < 1.29 is 29.7 Å². The Bertz CT molecular complexity index is 970. The predicted molar refractivity (Wildman–Crippen MR) is 103 cm³/mol. The van der Waals surface area contributed by atoms with Gasteiger partial charge >= 0.3 is 0 Å². The van der Waals surface area contributed by atoms with Crippen LogP contribution in [0.15, 0.2) is 41.1 Å². The van der Waals surface area contributed by atoms with E-state index in [2.05, 4.69) is 15.5 Å². The molecule has 1 aromatic carbocycles. The van der Waals surface area contributed by atoms with Gasteiger partial charge in [0, 0.05) is 24.5 Å². The third-order valence-corrected chi connectivity index (χ3v) is 5.22. The molecule has 0 unspecified atom stereocenters. The molecule has 1 aliphatic heterocycles. The number of hydrogen-bond acceptors (Lipinski definition) is 9. The Balaban J connectivity index is 1.40. The lowest BCUT2D eigenvalue weighted by Crippen LogP contribution is -2.56. The highest BCUT2D eigenvalue weighted by atomic mass is 16.6. The van der Waals surface area contributed by atoms with Crippen LogP contribution in [0.5, 0.6) is 0 Å². The van der Waals surface area contributed by atoms with E-state index in [4.69, 9.17) is 9.26 Å². The molecule has 0 aliphatic carbocycles. The molecule has 1 aliphatic rings. The monoisotopic (exact) mass is 416 g/mol. The van der Waals surface area contributed by atoms with Crippen LogP contribution in [-0.4, -0.2) is 71.6 Å². The number of ether oxygens (including phenoxy) is 1. The summed E-state index contributed by atoms with van der Waals surface area (Å²) in [6, 6.07) is 9.89. The summed E-state index contributed by atoms with van der Waals surface area (Å²) < 4.78 is 12.2. The van der Waals surface area contributed by atoms with Crippen molar-refractivity contribution in [2.24, 2.45) is 0 Å². The Kier molecular flexibility index (Phi) is 5.93. The van der Waals surface area contributed by atoms with Crippen molar-refractivity contribution in [3.05, 3.63) is 53.5 Å². The molecule has 10 nitrogen and oxygen atoms in total. The van der Waals surface area contributed by atoms with Crippen LogP contribution in [0.2, 0.25) is 0 Å². The zero-order valence-electron chi connectivity index (χ0n) is 16.4. The summed E-state index contributed by atoms with van der Waals surface area (Å²) >= 11 is 0. The van der Waals surface area contributed by atoms with E-state index in [-0.39, 0.29) is 0 Å².